The molecule has 5 nitrogen and oxygen atoms in total. The molecule has 688 valence electrons. The second-order valence-electron chi connectivity index (χ2n) is 37.1. The van der Waals surface area contributed by atoms with Crippen LogP contribution in [0.1, 0.15) is 223 Å². The van der Waals surface area contributed by atoms with Gasteiger partial charge in [0.15, 0.2) is 0 Å². The minimum absolute atomic E-state index is 0.0800. The van der Waals surface area contributed by atoms with Crippen LogP contribution in [-0.4, -0.2) is 49.2 Å². The molecule has 16 rings (SSSR count). The maximum atomic E-state index is 6.19. The monoisotopic (exact) mass is 2210 g/mol. The second-order valence-corrected chi connectivity index (χ2v) is 51.0. The van der Waals surface area contributed by atoms with Gasteiger partial charge in [-0.2, -0.15) is 0 Å². The summed E-state index contributed by atoms with van der Waals surface area (Å²) in [4.78, 5) is 12.3. The van der Waals surface area contributed by atoms with Gasteiger partial charge in [-0.15, -0.1) is 16.2 Å². The van der Waals surface area contributed by atoms with Gasteiger partial charge >= 0.3 is 274 Å². The van der Waals surface area contributed by atoms with Crippen molar-refractivity contribution < 1.29 is 27.0 Å². The summed E-state index contributed by atoms with van der Waals surface area (Å²) in [5.74, 6) is 0. The number of allylic oxidation sites excluding steroid dienone is 1. The summed E-state index contributed by atoms with van der Waals surface area (Å²) in [5.41, 5.74) is 30.4. The summed E-state index contributed by atoms with van der Waals surface area (Å²) in [6.07, 6.45) is 13.9. The van der Waals surface area contributed by atoms with Gasteiger partial charge < -0.3 is 14.7 Å². The van der Waals surface area contributed by atoms with E-state index in [0.717, 1.165) is 93.6 Å². The van der Waals surface area contributed by atoms with Crippen molar-refractivity contribution in [3.05, 3.63) is 437 Å². The molecule has 0 aromatic heterocycles. The number of rotatable bonds is 23. The molecule has 12 aromatic rings. The first kappa shape index (κ1) is 104. The topological polar surface area (TPSA) is 16.2 Å². The summed E-state index contributed by atoms with van der Waals surface area (Å²) in [7, 11) is 28.7. The van der Waals surface area contributed by atoms with E-state index in [-0.39, 0.29) is 32.9 Å². The Hall–Kier alpha value is -6.95. The maximum absolute atomic E-state index is 6.19. The van der Waals surface area contributed by atoms with Crippen LogP contribution in [0.25, 0.3) is 11.6 Å². The number of benzene rings is 12. The number of nitrogens with zero attached hydrogens (tertiary/aromatic N) is 5. The van der Waals surface area contributed by atoms with Gasteiger partial charge in [-0.25, -0.2) is 19.6 Å². The first-order chi connectivity index (χ1) is 62.3. The van der Waals surface area contributed by atoms with Crippen LogP contribution in [0.5, 0.6) is 0 Å². The molecule has 0 amide bonds. The number of fused-ring (bicyclic) bond motifs is 1. The molecule has 130 heavy (non-hydrogen) atoms. The van der Waals surface area contributed by atoms with Crippen molar-refractivity contribution in [1.82, 2.24) is 9.80 Å². The van der Waals surface area contributed by atoms with Gasteiger partial charge in [-0.1, -0.05) is 280 Å². The van der Waals surface area contributed by atoms with Crippen LogP contribution in [0.15, 0.2) is 310 Å². The number of aryl methyl sites for hydroxylation is 6. The minimum atomic E-state index is -1.88. The van der Waals surface area contributed by atoms with Gasteiger partial charge in [0.1, 0.15) is 0 Å². The van der Waals surface area contributed by atoms with Gasteiger partial charge in [0.2, 0.25) is 0 Å². The number of para-hydroxylation sites is 3. The van der Waals surface area contributed by atoms with Gasteiger partial charge in [-0.05, 0) is 185 Å². The third-order valence-electron chi connectivity index (χ3n) is 25.7. The van der Waals surface area contributed by atoms with Crippen molar-refractivity contribution in [3.63, 3.8) is 0 Å². The van der Waals surface area contributed by atoms with Gasteiger partial charge in [-0.3, -0.25) is 4.90 Å². The zero-order valence-electron chi connectivity index (χ0n) is 79.4. The van der Waals surface area contributed by atoms with E-state index in [1.54, 1.807) is 0 Å². The van der Waals surface area contributed by atoms with Gasteiger partial charge in [0.05, 0.1) is 0 Å². The SMILES string of the molecule is C=Cc1ccccc1CN(C)Cc1ccccc1I.CCc1cccc(CC)c1N1[CH-]C(C)(c2ccccc2)CC1(C)C.CCc1cccc(CC)c1N1[CH-]C(C)(c2ccccc2)CC1(C)C.CCc1cccc(CC)c1N1[CH-]C(C)(c2ccccc2)CC1(C)C.CN(Cc1ccccc1I)Cc1ccccc1[CH]=[Ru]([Cl])[Cl].[Cl][Ru]([Cl])=[C]1C=C(c2ccccc2)c2ccccc21. The van der Waals surface area contributed by atoms with Crippen LogP contribution < -0.4 is 14.7 Å². The predicted octanol–water partition coefficient (Wildman–Crippen LogP) is 31.9. The molecule has 3 aliphatic heterocycles. The standard InChI is InChI=1S/3C23H30N.C17H18IN.C16H16IN.C15H10.4ClH.2Ru/c3*1-6-18-12-11-13-19(7-2)21(18)24-17-23(5,16-22(24,3)4)20-14-9-8-10-15-20;1-3-14-8-4-5-9-15(14)12-19(2)13-16-10-6-7-11-17(16)18;1-13-7-3-4-8-14(13)11-18(2)12-15-9-5-6-10-16(15)17;1-2-6-12(7-3-1)15-11-10-13-8-4-5-9-14(13)15;;;;;;/h3*8-15,17H,6-7,16H2,1-5H3;3-11H,1,12-13H2,2H3;1,3-10H,11-12H2,2H3;1-9,11H;4*1H;;/q3*-1;;;;;;;;2*+2/p-4. The van der Waals surface area contributed by atoms with E-state index in [1.807, 2.05) is 41.0 Å². The Bertz CT molecular complexity index is 5450. The molecular weight excluding hydrogens is 2070 g/mol. The molecule has 0 saturated carbocycles. The molecule has 3 atom stereocenters. The van der Waals surface area contributed by atoms with Crippen molar-refractivity contribution in [2.45, 2.75) is 221 Å². The molecule has 0 radical (unpaired) electrons. The van der Waals surface area contributed by atoms with E-state index >= 15 is 0 Å². The number of hydrogen-bond donors (Lipinski definition) is 0. The third kappa shape index (κ3) is 26.4. The molecule has 3 unspecified atom stereocenters. The molecule has 3 heterocycles. The molecular formula is C117H134Cl4I2N5Ru2-3. The van der Waals surface area contributed by atoms with E-state index in [0.29, 0.717) is 0 Å². The molecule has 1 aliphatic carbocycles. The number of halogens is 6. The van der Waals surface area contributed by atoms with Crippen LogP contribution >= 0.6 is 83.9 Å². The van der Waals surface area contributed by atoms with Crippen LogP contribution in [-0.2, 0) is 108 Å². The Kier molecular flexibility index (Phi) is 38.2. The quantitative estimate of drug-likeness (QED) is 0.0359. The normalized spacial score (nSPS) is 18.0. The first-order valence-corrected chi connectivity index (χ1v) is 58.9. The van der Waals surface area contributed by atoms with Crippen LogP contribution in [0, 0.1) is 26.8 Å². The molecule has 12 aromatic carbocycles. The van der Waals surface area contributed by atoms with Gasteiger partial charge in [0, 0.05) is 50.3 Å². The van der Waals surface area contributed by atoms with Crippen molar-refractivity contribution in [3.8, 4) is 0 Å². The van der Waals surface area contributed by atoms with Crippen molar-refractivity contribution in [2.75, 3.05) is 28.8 Å². The molecule has 3 saturated heterocycles. The van der Waals surface area contributed by atoms with Crippen LogP contribution in [0.2, 0.25) is 0 Å². The molecule has 4 aliphatic rings. The zero-order chi connectivity index (χ0) is 93.6. The fourth-order valence-electron chi connectivity index (χ4n) is 19.6. The summed E-state index contributed by atoms with van der Waals surface area (Å²) in [6.45, 7) is 50.0. The molecule has 13 heteroatoms. The van der Waals surface area contributed by atoms with E-state index in [1.165, 1.54) is 124 Å². The Balaban J connectivity index is 0.000000151. The van der Waals surface area contributed by atoms with E-state index in [4.69, 9.17) is 38.8 Å². The zero-order valence-corrected chi connectivity index (χ0v) is 90.2. The fraction of sp³-hybridized carbons (Fsp3) is 0.308. The van der Waals surface area contributed by atoms with Crippen molar-refractivity contribution in [2.24, 2.45) is 0 Å². The summed E-state index contributed by atoms with van der Waals surface area (Å²) in [5, 5.41) is 0. The second kappa shape index (κ2) is 48.0. The Morgan fingerprint density at radius 1 is 0.338 bits per heavy atom. The third-order valence-corrected chi connectivity index (χ3v) is 32.7. The summed E-state index contributed by atoms with van der Waals surface area (Å²) < 4.78 is 5.76. The van der Waals surface area contributed by atoms with E-state index < -0.39 is 27.0 Å². The average molecular weight is 2210 g/mol. The van der Waals surface area contributed by atoms with E-state index in [2.05, 4.69) is 487 Å². The van der Waals surface area contributed by atoms with Crippen LogP contribution in [0.3, 0.4) is 0 Å². The Labute approximate surface area is 835 Å². The van der Waals surface area contributed by atoms with Crippen LogP contribution in [0.4, 0.5) is 17.1 Å². The number of anilines is 3. The molecule has 0 N–H and O–H groups in total. The molecule has 0 bridgehead atoms. The average Bonchev–Trinajstić information content (AvgIpc) is 1.60. The first-order valence-electron chi connectivity index (χ1n) is 45.9. The summed E-state index contributed by atoms with van der Waals surface area (Å²) in [6, 6.07) is 106. The van der Waals surface area contributed by atoms with Gasteiger partial charge in [0.25, 0.3) is 0 Å². The van der Waals surface area contributed by atoms with Crippen molar-refractivity contribution >= 4 is 121 Å². The predicted molar refractivity (Wildman–Crippen MR) is 578 cm³/mol. The van der Waals surface area contributed by atoms with Crippen molar-refractivity contribution in [1.29, 1.82) is 0 Å². The Morgan fingerprint density at radius 2 is 0.608 bits per heavy atom. The molecule has 0 spiro atoms. The summed E-state index contributed by atoms with van der Waals surface area (Å²) >= 11 is 1.11. The Morgan fingerprint density at radius 3 is 0.923 bits per heavy atom. The molecule has 3 fully saturated rings. The number of hydrogen-bond acceptors (Lipinski definition) is 5. The van der Waals surface area contributed by atoms with E-state index in [9.17, 15) is 0 Å². The fourth-order valence-corrected chi connectivity index (χ4v) is 25.0.